The summed E-state index contributed by atoms with van der Waals surface area (Å²) >= 11 is 3.57. The summed E-state index contributed by atoms with van der Waals surface area (Å²) in [5.41, 5.74) is 3.33. The van der Waals surface area contributed by atoms with Crippen LogP contribution in [0.3, 0.4) is 0 Å². The predicted octanol–water partition coefficient (Wildman–Crippen LogP) is 4.64. The van der Waals surface area contributed by atoms with Crippen LogP contribution in [0.15, 0.2) is 65.0 Å². The van der Waals surface area contributed by atoms with Gasteiger partial charge < -0.3 is 0 Å². The number of aryl methyl sites for hydroxylation is 1. The predicted molar refractivity (Wildman–Crippen MR) is 110 cm³/mol. The second-order valence-corrected chi connectivity index (χ2v) is 8.52. The van der Waals surface area contributed by atoms with Crippen molar-refractivity contribution in [3.05, 3.63) is 60.4 Å². The maximum atomic E-state index is 4.83. The van der Waals surface area contributed by atoms with Gasteiger partial charge in [-0.15, -0.1) is 22.0 Å². The van der Waals surface area contributed by atoms with E-state index in [9.17, 15) is 0 Å². The highest BCUT2D eigenvalue weighted by atomic mass is 32.2. The fourth-order valence-electron chi connectivity index (χ4n) is 3.34. The van der Waals surface area contributed by atoms with E-state index in [1.165, 1.54) is 10.9 Å². The van der Waals surface area contributed by atoms with Crippen molar-refractivity contribution in [3.8, 4) is 11.4 Å². The average molecular weight is 392 g/mol. The number of fused-ring (bicyclic) bond motifs is 2. The fraction of sp³-hybridized carbons (Fsp3) is 0.200. The third-order valence-corrected chi connectivity index (χ3v) is 6.82. The van der Waals surface area contributed by atoms with E-state index in [4.69, 9.17) is 4.98 Å². The van der Waals surface area contributed by atoms with Gasteiger partial charge in [-0.05, 0) is 36.8 Å². The topological polar surface area (TPSA) is 56.5 Å². The first-order valence-electron chi connectivity index (χ1n) is 8.77. The van der Waals surface area contributed by atoms with Crippen LogP contribution >= 0.6 is 23.5 Å². The highest BCUT2D eigenvalue weighted by Gasteiger charge is 2.28. The van der Waals surface area contributed by atoms with Gasteiger partial charge in [-0.2, -0.15) is 0 Å². The molecule has 1 aliphatic heterocycles. The summed E-state index contributed by atoms with van der Waals surface area (Å²) in [6.45, 7) is 2.15. The number of rotatable bonds is 4. The number of hydrogen-bond donors (Lipinski definition) is 0. The van der Waals surface area contributed by atoms with Crippen molar-refractivity contribution < 1.29 is 0 Å². The molecule has 1 aromatic carbocycles. The molecule has 0 fully saturated rings. The van der Waals surface area contributed by atoms with Crippen LogP contribution in [-0.2, 0) is 0 Å². The summed E-state index contributed by atoms with van der Waals surface area (Å²) < 4.78 is 2.25. The molecular weight excluding hydrogens is 374 g/mol. The Balaban J connectivity index is 1.41. The summed E-state index contributed by atoms with van der Waals surface area (Å²) in [5.74, 6) is 2.85. The molecule has 0 bridgehead atoms. The Kier molecular flexibility index (Phi) is 4.33. The zero-order valence-electron chi connectivity index (χ0n) is 14.7. The van der Waals surface area contributed by atoms with Crippen LogP contribution in [0.1, 0.15) is 11.6 Å². The zero-order chi connectivity index (χ0) is 18.2. The van der Waals surface area contributed by atoms with Gasteiger partial charge in [0.25, 0.3) is 0 Å². The Morgan fingerprint density at radius 2 is 2.11 bits per heavy atom. The second-order valence-electron chi connectivity index (χ2n) is 6.49. The molecule has 0 unspecified atom stereocenters. The Morgan fingerprint density at radius 3 is 3.00 bits per heavy atom. The van der Waals surface area contributed by atoms with E-state index in [1.54, 1.807) is 29.7 Å². The van der Waals surface area contributed by atoms with Crippen LogP contribution in [0, 0.1) is 6.92 Å². The van der Waals surface area contributed by atoms with Crippen molar-refractivity contribution in [2.45, 2.75) is 23.1 Å². The lowest BCUT2D eigenvalue weighted by Gasteiger charge is -2.14. The highest BCUT2D eigenvalue weighted by Crippen LogP contribution is 2.38. The van der Waals surface area contributed by atoms with Gasteiger partial charge in [-0.1, -0.05) is 30.0 Å². The van der Waals surface area contributed by atoms with Crippen LogP contribution in [0.5, 0.6) is 0 Å². The Bertz CT molecular complexity index is 1110. The van der Waals surface area contributed by atoms with E-state index < -0.39 is 0 Å². The van der Waals surface area contributed by atoms with Crippen molar-refractivity contribution >= 4 is 34.4 Å². The molecule has 0 radical (unpaired) electrons. The molecule has 134 valence electrons. The molecule has 0 amide bonds. The monoisotopic (exact) mass is 391 g/mol. The quantitative estimate of drug-likeness (QED) is 0.473. The number of benzene rings is 1. The average Bonchev–Trinajstić information content (AvgIpc) is 3.29. The molecule has 0 N–H and O–H groups in total. The molecule has 1 atom stereocenters. The largest absolute Gasteiger partial charge is 0.297 e. The summed E-state index contributed by atoms with van der Waals surface area (Å²) in [6, 6.07) is 14.8. The Morgan fingerprint density at radius 1 is 1.19 bits per heavy atom. The number of para-hydroxylation sites is 1. The second kappa shape index (κ2) is 6.98. The number of aromatic nitrogens is 5. The van der Waals surface area contributed by atoms with Gasteiger partial charge in [0, 0.05) is 34.8 Å². The molecule has 27 heavy (non-hydrogen) atoms. The molecule has 0 spiro atoms. The molecule has 0 saturated carbocycles. The summed E-state index contributed by atoms with van der Waals surface area (Å²) in [5, 5.41) is 12.0. The lowest BCUT2D eigenvalue weighted by atomic mass is 10.1. The first-order valence-corrected chi connectivity index (χ1v) is 10.7. The molecule has 0 aliphatic carbocycles. The van der Waals surface area contributed by atoms with Crippen LogP contribution in [0.2, 0.25) is 0 Å². The minimum absolute atomic E-state index is 0.341. The van der Waals surface area contributed by atoms with Gasteiger partial charge in [-0.3, -0.25) is 9.55 Å². The lowest BCUT2D eigenvalue weighted by molar-refractivity contribution is 0.597. The summed E-state index contributed by atoms with van der Waals surface area (Å²) in [7, 11) is 0. The molecule has 3 aromatic heterocycles. The van der Waals surface area contributed by atoms with E-state index in [1.807, 2.05) is 24.4 Å². The molecular formula is C20H17N5S2. The Labute approximate surface area is 165 Å². The minimum atomic E-state index is 0.341. The normalized spacial score (nSPS) is 16.0. The maximum absolute atomic E-state index is 4.83. The van der Waals surface area contributed by atoms with Gasteiger partial charge in [0.15, 0.2) is 11.0 Å². The number of thioether (sulfide) groups is 2. The zero-order valence-corrected chi connectivity index (χ0v) is 16.4. The van der Waals surface area contributed by atoms with Gasteiger partial charge in [0.2, 0.25) is 0 Å². The molecule has 5 rings (SSSR count). The molecule has 7 heteroatoms. The van der Waals surface area contributed by atoms with Crippen LogP contribution in [0.25, 0.3) is 22.3 Å². The van der Waals surface area contributed by atoms with Gasteiger partial charge >= 0.3 is 0 Å². The molecule has 0 saturated heterocycles. The van der Waals surface area contributed by atoms with Crippen molar-refractivity contribution in [3.63, 3.8) is 0 Å². The van der Waals surface area contributed by atoms with E-state index >= 15 is 0 Å². The molecule has 4 aromatic rings. The first kappa shape index (κ1) is 16.8. The number of nitrogens with zero attached hydrogens (tertiary/aromatic N) is 5. The lowest BCUT2D eigenvalue weighted by Crippen LogP contribution is -2.11. The summed E-state index contributed by atoms with van der Waals surface area (Å²) in [6.07, 6.45) is 3.62. The Hall–Kier alpha value is -2.38. The van der Waals surface area contributed by atoms with Crippen molar-refractivity contribution in [2.75, 3.05) is 11.5 Å². The molecule has 5 nitrogen and oxygen atoms in total. The fourth-order valence-corrected chi connectivity index (χ4v) is 5.62. The third kappa shape index (κ3) is 3.11. The van der Waals surface area contributed by atoms with Crippen LogP contribution in [0.4, 0.5) is 0 Å². The van der Waals surface area contributed by atoms with Crippen molar-refractivity contribution in [1.29, 1.82) is 0 Å². The standard InChI is InChI=1S/C20H17N5S2/c1-13-9-18(22-17-7-3-2-6-16(13)17)26-11-15-12-27-20-24-23-19(25(15)20)14-5-4-8-21-10-14/h2-10,15H,11-12H2,1H3/t15-/m0/s1. The number of pyridine rings is 2. The van der Waals surface area contributed by atoms with E-state index in [0.717, 1.165) is 38.6 Å². The van der Waals surface area contributed by atoms with Gasteiger partial charge in [-0.25, -0.2) is 4.98 Å². The summed E-state index contributed by atoms with van der Waals surface area (Å²) in [4.78, 5) is 9.05. The molecule has 1 aliphatic rings. The number of hydrogen-bond acceptors (Lipinski definition) is 6. The third-order valence-electron chi connectivity index (χ3n) is 4.68. The highest BCUT2D eigenvalue weighted by molar-refractivity contribution is 8.00. The van der Waals surface area contributed by atoms with E-state index in [-0.39, 0.29) is 0 Å². The van der Waals surface area contributed by atoms with E-state index in [0.29, 0.717) is 6.04 Å². The van der Waals surface area contributed by atoms with Crippen molar-refractivity contribution in [2.24, 2.45) is 0 Å². The maximum Gasteiger partial charge on any atom is 0.191 e. The first-order chi connectivity index (χ1) is 13.3. The van der Waals surface area contributed by atoms with Crippen LogP contribution in [-0.4, -0.2) is 36.2 Å². The van der Waals surface area contributed by atoms with Gasteiger partial charge in [0.05, 0.1) is 16.6 Å². The smallest absolute Gasteiger partial charge is 0.191 e. The molecule has 4 heterocycles. The van der Waals surface area contributed by atoms with Crippen molar-refractivity contribution in [1.82, 2.24) is 24.7 Å². The SMILES string of the molecule is Cc1cc(SC[C@H]2CSc3nnc(-c4cccnc4)n32)nc2ccccc12. The minimum Gasteiger partial charge on any atom is -0.297 e. The van der Waals surface area contributed by atoms with E-state index in [2.05, 4.69) is 50.9 Å². The van der Waals surface area contributed by atoms with Gasteiger partial charge in [0.1, 0.15) is 0 Å². The van der Waals surface area contributed by atoms with Crippen LogP contribution < -0.4 is 0 Å².